The van der Waals surface area contributed by atoms with Gasteiger partial charge >= 0.3 is 5.97 Å². The Bertz CT molecular complexity index is 992. The maximum atomic E-state index is 13.6. The van der Waals surface area contributed by atoms with E-state index < -0.39 is 0 Å². The van der Waals surface area contributed by atoms with Crippen LogP contribution in [-0.2, 0) is 9.53 Å². The van der Waals surface area contributed by atoms with Gasteiger partial charge in [0.25, 0.3) is 5.91 Å². The summed E-state index contributed by atoms with van der Waals surface area (Å²) in [5.74, 6) is -0.0378. The van der Waals surface area contributed by atoms with Gasteiger partial charge in [0.15, 0.2) is 6.54 Å². The highest BCUT2D eigenvalue weighted by molar-refractivity contribution is 6.34. The third kappa shape index (κ3) is 3.72. The highest BCUT2D eigenvalue weighted by Crippen LogP contribution is 2.47. The second kappa shape index (κ2) is 8.05. The number of rotatable bonds is 4. The number of fused-ring (bicyclic) bond motifs is 3. The Morgan fingerprint density at radius 2 is 2.00 bits per heavy atom. The van der Waals surface area contributed by atoms with Crippen LogP contribution in [0.25, 0.3) is 0 Å². The van der Waals surface area contributed by atoms with E-state index in [1.165, 1.54) is 11.1 Å². The van der Waals surface area contributed by atoms with Crippen molar-refractivity contribution in [2.24, 2.45) is 0 Å². The van der Waals surface area contributed by atoms with Gasteiger partial charge in [0, 0.05) is 12.1 Å². The quantitative estimate of drug-likeness (QED) is 0.543. The summed E-state index contributed by atoms with van der Waals surface area (Å²) in [6.45, 7) is 6.27. The van der Waals surface area contributed by atoms with E-state index in [0.29, 0.717) is 28.2 Å². The zero-order valence-electron chi connectivity index (χ0n) is 17.7. The Morgan fingerprint density at radius 3 is 2.73 bits per heavy atom. The summed E-state index contributed by atoms with van der Waals surface area (Å²) in [4.78, 5) is 27.7. The molecule has 5 nitrogen and oxygen atoms in total. The lowest BCUT2D eigenvalue weighted by Gasteiger charge is -2.43. The number of halogens is 1. The first-order valence-electron chi connectivity index (χ1n) is 10.5. The van der Waals surface area contributed by atoms with Crippen LogP contribution in [0.2, 0.25) is 5.02 Å². The van der Waals surface area contributed by atoms with Gasteiger partial charge in [-0.25, -0.2) is 4.79 Å². The fourth-order valence-electron chi connectivity index (χ4n) is 5.00. The van der Waals surface area contributed by atoms with Gasteiger partial charge in [0.05, 0.1) is 49.3 Å². The molecule has 0 N–H and O–H groups in total. The van der Waals surface area contributed by atoms with E-state index in [-0.39, 0.29) is 23.8 Å². The van der Waals surface area contributed by atoms with E-state index in [9.17, 15) is 9.59 Å². The molecule has 0 aromatic heterocycles. The van der Waals surface area contributed by atoms with Crippen molar-refractivity contribution in [2.45, 2.75) is 32.2 Å². The van der Waals surface area contributed by atoms with Gasteiger partial charge < -0.3 is 14.1 Å². The minimum atomic E-state index is -0.162. The number of quaternary nitrogens is 1. The van der Waals surface area contributed by atoms with Crippen LogP contribution >= 0.6 is 11.6 Å². The third-order valence-corrected chi connectivity index (χ3v) is 6.71. The van der Waals surface area contributed by atoms with E-state index >= 15 is 0 Å². The molecule has 0 bridgehead atoms. The Labute approximate surface area is 182 Å². The fraction of sp³-hybridized carbons (Fsp3) is 0.417. The number of carbonyl (C=O) groups is 2. The molecule has 2 heterocycles. The van der Waals surface area contributed by atoms with Crippen LogP contribution in [0.5, 0.6) is 0 Å². The molecule has 2 aromatic rings. The summed E-state index contributed by atoms with van der Waals surface area (Å²) in [5.41, 5.74) is 3.85. The minimum absolute atomic E-state index is 0.0558. The van der Waals surface area contributed by atoms with Gasteiger partial charge in [-0.15, -0.1) is 0 Å². The van der Waals surface area contributed by atoms with Crippen molar-refractivity contribution in [3.05, 3.63) is 64.2 Å². The molecule has 2 aromatic carbocycles. The van der Waals surface area contributed by atoms with E-state index in [2.05, 4.69) is 26.1 Å². The molecule has 6 heteroatoms. The van der Waals surface area contributed by atoms with Gasteiger partial charge in [-0.1, -0.05) is 41.4 Å². The van der Waals surface area contributed by atoms with Gasteiger partial charge in [0.1, 0.15) is 0 Å². The summed E-state index contributed by atoms with van der Waals surface area (Å²) in [6.07, 6.45) is 0.824. The van der Waals surface area contributed by atoms with Crippen LogP contribution in [0.1, 0.15) is 40.7 Å². The highest BCUT2D eigenvalue weighted by atomic mass is 35.5. The number of piperidine rings is 1. The normalized spacial score (nSPS) is 24.9. The molecule has 2 aliphatic heterocycles. The predicted octanol–water partition coefficient (Wildman–Crippen LogP) is 4.17. The summed E-state index contributed by atoms with van der Waals surface area (Å²) < 4.78 is 5.83. The molecule has 2 aliphatic rings. The zero-order valence-corrected chi connectivity index (χ0v) is 18.5. The van der Waals surface area contributed by atoms with Gasteiger partial charge in [-0.2, -0.15) is 0 Å². The first-order chi connectivity index (χ1) is 14.3. The number of nitrogens with zero attached hydrogens (tertiary/aromatic N) is 2. The van der Waals surface area contributed by atoms with Crippen molar-refractivity contribution in [3.63, 3.8) is 0 Å². The number of carbonyl (C=O) groups excluding carboxylic acids is 2. The molecule has 4 rings (SSSR count). The van der Waals surface area contributed by atoms with E-state index in [0.717, 1.165) is 25.2 Å². The SMILES string of the molecule is CCOC(=O)C[N+]1(C)CCC2C(C1)c1cc(C)ccc1N2C(=O)c1ccccc1Cl. The number of ether oxygens (including phenoxy) is 1. The molecule has 3 atom stereocenters. The fourth-order valence-corrected chi connectivity index (χ4v) is 5.22. The number of hydrogen-bond acceptors (Lipinski definition) is 3. The highest BCUT2D eigenvalue weighted by Gasteiger charge is 2.49. The number of esters is 1. The lowest BCUT2D eigenvalue weighted by Crippen LogP contribution is -2.58. The summed E-state index contributed by atoms with van der Waals surface area (Å²) in [7, 11) is 2.11. The molecule has 158 valence electrons. The summed E-state index contributed by atoms with van der Waals surface area (Å²) in [6, 6.07) is 13.6. The lowest BCUT2D eigenvalue weighted by molar-refractivity contribution is -0.908. The Kier molecular flexibility index (Phi) is 5.60. The average Bonchev–Trinajstić information content (AvgIpc) is 3.00. The number of anilines is 1. The molecule has 3 unspecified atom stereocenters. The maximum Gasteiger partial charge on any atom is 0.361 e. The first-order valence-corrected chi connectivity index (χ1v) is 10.9. The Morgan fingerprint density at radius 1 is 1.23 bits per heavy atom. The number of likely N-dealkylation sites (N-methyl/N-ethyl adjacent to an activating group) is 1. The van der Waals surface area contributed by atoms with Gasteiger partial charge in [-0.3, -0.25) is 4.79 Å². The van der Waals surface area contributed by atoms with Crippen molar-refractivity contribution in [1.29, 1.82) is 0 Å². The van der Waals surface area contributed by atoms with Crippen molar-refractivity contribution >= 4 is 29.2 Å². The second-order valence-electron chi connectivity index (χ2n) is 8.67. The second-order valence-corrected chi connectivity index (χ2v) is 9.08. The van der Waals surface area contributed by atoms with E-state index in [1.54, 1.807) is 12.1 Å². The molecule has 0 radical (unpaired) electrons. The predicted molar refractivity (Wildman–Crippen MR) is 118 cm³/mol. The maximum absolute atomic E-state index is 13.6. The molecule has 1 saturated heterocycles. The van der Waals surface area contributed by atoms with Crippen molar-refractivity contribution < 1.29 is 18.8 Å². The van der Waals surface area contributed by atoms with Crippen LogP contribution in [0.3, 0.4) is 0 Å². The van der Waals surface area contributed by atoms with Gasteiger partial charge in [-0.05, 0) is 37.6 Å². The van der Waals surface area contributed by atoms with Crippen LogP contribution in [0.15, 0.2) is 42.5 Å². The molecule has 0 aliphatic carbocycles. The number of benzene rings is 2. The standard InChI is InChI=1S/C24H28ClN2O3/c1-4-30-23(28)15-27(3)12-11-22-19(14-27)18-13-16(2)9-10-21(18)26(22)24(29)17-7-5-6-8-20(17)25/h5-10,13,19,22H,4,11-12,14-15H2,1-3H3/q+1. The van der Waals surface area contributed by atoms with Crippen LogP contribution in [-0.4, -0.2) is 55.7 Å². The van der Waals surface area contributed by atoms with Crippen LogP contribution in [0.4, 0.5) is 5.69 Å². The van der Waals surface area contributed by atoms with E-state index in [4.69, 9.17) is 16.3 Å². The van der Waals surface area contributed by atoms with Crippen LogP contribution in [0, 0.1) is 6.92 Å². The monoisotopic (exact) mass is 427 g/mol. The molecule has 0 spiro atoms. The number of hydrogen-bond donors (Lipinski definition) is 0. The lowest BCUT2D eigenvalue weighted by atomic mass is 9.87. The minimum Gasteiger partial charge on any atom is -0.462 e. The Hall–Kier alpha value is -2.37. The average molecular weight is 428 g/mol. The van der Waals surface area contributed by atoms with Crippen LogP contribution < -0.4 is 4.90 Å². The van der Waals surface area contributed by atoms with Crippen molar-refractivity contribution in [2.75, 3.05) is 38.2 Å². The summed E-state index contributed by atoms with van der Waals surface area (Å²) in [5, 5.41) is 0.471. The molecule has 1 amide bonds. The molecular weight excluding hydrogens is 400 g/mol. The smallest absolute Gasteiger partial charge is 0.361 e. The summed E-state index contributed by atoms with van der Waals surface area (Å²) >= 11 is 6.36. The largest absolute Gasteiger partial charge is 0.462 e. The topological polar surface area (TPSA) is 46.6 Å². The molecule has 0 saturated carbocycles. The molecule has 30 heavy (non-hydrogen) atoms. The number of amides is 1. The zero-order chi connectivity index (χ0) is 21.5. The van der Waals surface area contributed by atoms with E-state index in [1.807, 2.05) is 30.0 Å². The molecule has 1 fully saturated rings. The van der Waals surface area contributed by atoms with Crippen molar-refractivity contribution in [1.82, 2.24) is 0 Å². The number of likely N-dealkylation sites (tertiary alicyclic amines) is 1. The number of aryl methyl sites for hydroxylation is 1. The third-order valence-electron chi connectivity index (χ3n) is 6.38. The van der Waals surface area contributed by atoms with Gasteiger partial charge in [0.2, 0.25) is 0 Å². The Balaban J connectivity index is 1.69. The first kappa shape index (κ1) is 20.9. The molecular formula is C24H28ClN2O3+. The van der Waals surface area contributed by atoms with Crippen molar-refractivity contribution in [3.8, 4) is 0 Å².